The van der Waals surface area contributed by atoms with Gasteiger partial charge in [0.05, 0.1) is 18.5 Å². The van der Waals surface area contributed by atoms with Crippen molar-refractivity contribution in [2.24, 2.45) is 0 Å². The fourth-order valence-corrected chi connectivity index (χ4v) is 4.86. The van der Waals surface area contributed by atoms with E-state index in [-0.39, 0.29) is 11.9 Å². The van der Waals surface area contributed by atoms with Gasteiger partial charge in [0.15, 0.2) is 22.5 Å². The number of hydrogen-bond acceptors (Lipinski definition) is 6. The van der Waals surface area contributed by atoms with Gasteiger partial charge in [-0.25, -0.2) is 14.4 Å². The van der Waals surface area contributed by atoms with E-state index >= 15 is 0 Å². The van der Waals surface area contributed by atoms with Gasteiger partial charge in [0.2, 0.25) is 0 Å². The summed E-state index contributed by atoms with van der Waals surface area (Å²) in [5.74, 6) is 1.06. The van der Waals surface area contributed by atoms with Crippen LogP contribution in [-0.4, -0.2) is 47.7 Å². The third kappa shape index (κ3) is 5.10. The maximum Gasteiger partial charge on any atom is 0.171 e. The van der Waals surface area contributed by atoms with Gasteiger partial charge in [0.1, 0.15) is 11.9 Å². The van der Waals surface area contributed by atoms with Crippen LogP contribution in [0.2, 0.25) is 5.15 Å². The second-order valence-electron chi connectivity index (χ2n) is 8.78. The second-order valence-corrected chi connectivity index (χ2v) is 9.14. The lowest BCUT2D eigenvalue weighted by molar-refractivity contribution is 0.163. The first-order chi connectivity index (χ1) is 16.6. The van der Waals surface area contributed by atoms with Crippen molar-refractivity contribution in [2.75, 3.05) is 31.6 Å². The number of halogens is 2. The van der Waals surface area contributed by atoms with Crippen LogP contribution in [0.15, 0.2) is 48.5 Å². The van der Waals surface area contributed by atoms with Gasteiger partial charge >= 0.3 is 0 Å². The minimum Gasteiger partial charge on any atom is -0.497 e. The topological polar surface area (TPSA) is 50.7 Å². The predicted octanol–water partition coefficient (Wildman–Crippen LogP) is 4.88. The number of ether oxygens (including phenoxy) is 2. The monoisotopic (exact) mass is 482 g/mol. The van der Waals surface area contributed by atoms with E-state index in [0.717, 1.165) is 69.2 Å². The Labute approximate surface area is 204 Å². The summed E-state index contributed by atoms with van der Waals surface area (Å²) in [6, 6.07) is 15.1. The minimum atomic E-state index is -0.410. The van der Waals surface area contributed by atoms with Crippen molar-refractivity contribution < 1.29 is 13.9 Å². The molecule has 1 aromatic heterocycles. The molecule has 5 rings (SSSR count). The normalized spacial score (nSPS) is 16.9. The summed E-state index contributed by atoms with van der Waals surface area (Å²) in [5, 5.41) is 0.445. The van der Waals surface area contributed by atoms with E-state index in [2.05, 4.69) is 34.1 Å². The van der Waals surface area contributed by atoms with Crippen molar-refractivity contribution in [1.82, 2.24) is 14.9 Å². The number of hydrogen-bond donors (Lipinski definition) is 0. The van der Waals surface area contributed by atoms with E-state index in [9.17, 15) is 4.39 Å². The Morgan fingerprint density at radius 1 is 1.03 bits per heavy atom. The molecule has 0 saturated carbocycles. The van der Waals surface area contributed by atoms with E-state index in [1.54, 1.807) is 12.1 Å². The van der Waals surface area contributed by atoms with E-state index in [1.165, 1.54) is 18.7 Å². The SMILES string of the molecule is COc1ccc(OC2CCN(c3nc4c(nc3Cl)CN(Cc3ccccc3)CC4)CC2)c(F)c1. The van der Waals surface area contributed by atoms with E-state index in [4.69, 9.17) is 31.0 Å². The van der Waals surface area contributed by atoms with E-state index < -0.39 is 5.82 Å². The maximum absolute atomic E-state index is 14.2. The van der Waals surface area contributed by atoms with Crippen molar-refractivity contribution in [3.05, 3.63) is 76.5 Å². The van der Waals surface area contributed by atoms with Crippen LogP contribution < -0.4 is 14.4 Å². The molecule has 3 heterocycles. The van der Waals surface area contributed by atoms with Gasteiger partial charge in [-0.1, -0.05) is 41.9 Å². The number of rotatable bonds is 6. The number of piperidine rings is 1. The Balaban J connectivity index is 1.20. The highest BCUT2D eigenvalue weighted by atomic mass is 35.5. The van der Waals surface area contributed by atoms with Crippen LogP contribution in [0.1, 0.15) is 29.8 Å². The van der Waals surface area contributed by atoms with Crippen molar-refractivity contribution in [3.8, 4) is 11.5 Å². The molecule has 0 amide bonds. The summed E-state index contributed by atoms with van der Waals surface area (Å²) in [5.41, 5.74) is 3.28. The lowest BCUT2D eigenvalue weighted by atomic mass is 10.1. The molecule has 2 aromatic carbocycles. The number of benzene rings is 2. The van der Waals surface area contributed by atoms with E-state index in [1.807, 2.05) is 6.07 Å². The molecule has 8 heteroatoms. The van der Waals surface area contributed by atoms with Gasteiger partial charge in [0, 0.05) is 58.1 Å². The Hall–Kier alpha value is -2.90. The highest BCUT2D eigenvalue weighted by Crippen LogP contribution is 2.30. The average molecular weight is 483 g/mol. The van der Waals surface area contributed by atoms with Gasteiger partial charge in [-0.2, -0.15) is 0 Å². The summed E-state index contributed by atoms with van der Waals surface area (Å²) in [7, 11) is 1.51. The van der Waals surface area contributed by atoms with Crippen LogP contribution in [0.5, 0.6) is 11.5 Å². The molecule has 2 aliphatic heterocycles. The first kappa shape index (κ1) is 22.9. The maximum atomic E-state index is 14.2. The van der Waals surface area contributed by atoms with Crippen molar-refractivity contribution >= 4 is 17.4 Å². The van der Waals surface area contributed by atoms with Gasteiger partial charge < -0.3 is 14.4 Å². The highest BCUT2D eigenvalue weighted by molar-refractivity contribution is 6.31. The summed E-state index contributed by atoms with van der Waals surface area (Å²) in [6.07, 6.45) is 2.31. The number of aromatic nitrogens is 2. The molecular formula is C26H28ClFN4O2. The van der Waals surface area contributed by atoms with E-state index in [0.29, 0.717) is 10.9 Å². The van der Waals surface area contributed by atoms with Crippen molar-refractivity contribution in [2.45, 2.75) is 38.5 Å². The first-order valence-corrected chi connectivity index (χ1v) is 12.0. The number of anilines is 1. The third-order valence-electron chi connectivity index (χ3n) is 6.45. The largest absolute Gasteiger partial charge is 0.497 e. The van der Waals surface area contributed by atoms with Crippen LogP contribution in [0, 0.1) is 5.82 Å². The molecule has 34 heavy (non-hydrogen) atoms. The van der Waals surface area contributed by atoms with Crippen LogP contribution in [0.25, 0.3) is 0 Å². The van der Waals surface area contributed by atoms with Crippen LogP contribution in [-0.2, 0) is 19.5 Å². The zero-order valence-electron chi connectivity index (χ0n) is 19.2. The van der Waals surface area contributed by atoms with Gasteiger partial charge in [-0.3, -0.25) is 4.90 Å². The molecular weight excluding hydrogens is 455 g/mol. The van der Waals surface area contributed by atoms with Crippen molar-refractivity contribution in [3.63, 3.8) is 0 Å². The quantitative estimate of drug-likeness (QED) is 0.499. The fourth-order valence-electron chi connectivity index (χ4n) is 4.60. The summed E-state index contributed by atoms with van der Waals surface area (Å²) in [4.78, 5) is 14.2. The average Bonchev–Trinajstić information content (AvgIpc) is 2.86. The Morgan fingerprint density at radius 3 is 2.56 bits per heavy atom. The highest BCUT2D eigenvalue weighted by Gasteiger charge is 2.27. The molecule has 2 aliphatic rings. The molecule has 0 atom stereocenters. The molecule has 0 unspecified atom stereocenters. The molecule has 178 valence electrons. The summed E-state index contributed by atoms with van der Waals surface area (Å²) in [6.45, 7) is 4.05. The Bertz CT molecular complexity index is 1140. The molecule has 3 aromatic rings. The number of methoxy groups -OCH3 is 1. The Kier molecular flexibility index (Phi) is 6.83. The van der Waals surface area contributed by atoms with Crippen molar-refractivity contribution in [1.29, 1.82) is 0 Å². The summed E-state index contributed by atoms with van der Waals surface area (Å²) < 4.78 is 25.2. The molecule has 0 bridgehead atoms. The molecule has 0 N–H and O–H groups in total. The van der Waals surface area contributed by atoms with Gasteiger partial charge in [-0.15, -0.1) is 0 Å². The predicted molar refractivity (Wildman–Crippen MR) is 130 cm³/mol. The van der Waals surface area contributed by atoms with Crippen LogP contribution in [0.3, 0.4) is 0 Å². The smallest absolute Gasteiger partial charge is 0.171 e. The van der Waals surface area contributed by atoms with Gasteiger partial charge in [-0.05, 0) is 17.7 Å². The second kappa shape index (κ2) is 10.2. The molecule has 1 fully saturated rings. The Morgan fingerprint density at radius 2 is 1.82 bits per heavy atom. The minimum absolute atomic E-state index is 0.0601. The zero-order valence-corrected chi connectivity index (χ0v) is 20.0. The van der Waals surface area contributed by atoms with Gasteiger partial charge in [0.25, 0.3) is 0 Å². The molecule has 0 spiro atoms. The standard InChI is InChI=1S/C26H28ClFN4O2/c1-33-20-7-8-24(21(28)15-20)34-19-9-13-32(14-10-19)26-25(27)29-23-17-31(12-11-22(23)30-26)16-18-5-3-2-4-6-18/h2-8,15,19H,9-14,16-17H2,1H3. The first-order valence-electron chi connectivity index (χ1n) is 11.7. The third-order valence-corrected chi connectivity index (χ3v) is 6.71. The lowest BCUT2D eigenvalue weighted by Gasteiger charge is -2.34. The molecule has 6 nitrogen and oxygen atoms in total. The molecule has 0 aliphatic carbocycles. The van der Waals surface area contributed by atoms with Crippen LogP contribution >= 0.6 is 11.6 Å². The zero-order chi connectivity index (χ0) is 23.5. The summed E-state index contributed by atoms with van der Waals surface area (Å²) >= 11 is 6.59. The molecule has 1 saturated heterocycles. The number of fused-ring (bicyclic) bond motifs is 1. The number of nitrogens with zero attached hydrogens (tertiary/aromatic N) is 4. The fraction of sp³-hybridized carbons (Fsp3) is 0.385. The lowest BCUT2D eigenvalue weighted by Crippen LogP contribution is -2.39. The van der Waals surface area contributed by atoms with Crippen LogP contribution in [0.4, 0.5) is 10.2 Å². The molecule has 0 radical (unpaired) electrons.